The number of hydrogen-bond donors (Lipinski definition) is 1. The van der Waals surface area contributed by atoms with Gasteiger partial charge in [-0.05, 0) is 23.8 Å². The van der Waals surface area contributed by atoms with E-state index in [0.717, 1.165) is 34.2 Å². The van der Waals surface area contributed by atoms with Crippen molar-refractivity contribution in [2.75, 3.05) is 18.7 Å². The van der Waals surface area contributed by atoms with Crippen LogP contribution >= 0.6 is 11.6 Å². The third-order valence-electron chi connectivity index (χ3n) is 3.81. The van der Waals surface area contributed by atoms with Crippen molar-refractivity contribution < 1.29 is 4.74 Å². The van der Waals surface area contributed by atoms with E-state index in [4.69, 9.17) is 22.1 Å². The molecule has 1 aliphatic heterocycles. The first-order chi connectivity index (χ1) is 10.7. The summed E-state index contributed by atoms with van der Waals surface area (Å²) in [4.78, 5) is 0. The van der Waals surface area contributed by atoms with Crippen LogP contribution in [-0.2, 0) is 0 Å². The molecule has 2 aromatic carbocycles. The molecule has 1 heterocycles. The number of benzene rings is 2. The SMILES string of the molecule is COc1ccccc1N1N=C(CN)CC1c1ccccc1Cl. The fraction of sp³-hybridized carbons (Fsp3) is 0.235. The van der Waals surface area contributed by atoms with Gasteiger partial charge in [0, 0.05) is 18.0 Å². The van der Waals surface area contributed by atoms with Crippen molar-refractivity contribution >= 4 is 23.0 Å². The van der Waals surface area contributed by atoms with Gasteiger partial charge in [0.25, 0.3) is 0 Å². The predicted octanol–water partition coefficient (Wildman–Crippen LogP) is 3.61. The molecule has 0 bridgehead atoms. The van der Waals surface area contributed by atoms with Crippen molar-refractivity contribution in [2.24, 2.45) is 10.8 Å². The molecule has 0 radical (unpaired) electrons. The molecule has 0 saturated heterocycles. The number of methoxy groups -OCH3 is 1. The molecule has 0 aromatic heterocycles. The van der Waals surface area contributed by atoms with E-state index in [1.54, 1.807) is 7.11 Å². The minimum absolute atomic E-state index is 0.0311. The smallest absolute Gasteiger partial charge is 0.144 e. The van der Waals surface area contributed by atoms with Crippen molar-refractivity contribution in [3.63, 3.8) is 0 Å². The van der Waals surface area contributed by atoms with Gasteiger partial charge in [0.1, 0.15) is 11.4 Å². The minimum atomic E-state index is 0.0311. The van der Waals surface area contributed by atoms with Crippen LogP contribution in [0, 0.1) is 0 Å². The number of hydrogen-bond acceptors (Lipinski definition) is 4. The first-order valence-corrected chi connectivity index (χ1v) is 7.55. The summed E-state index contributed by atoms with van der Waals surface area (Å²) in [5.74, 6) is 0.779. The zero-order valence-electron chi connectivity index (χ0n) is 12.4. The summed E-state index contributed by atoms with van der Waals surface area (Å²) in [6.45, 7) is 0.437. The Morgan fingerprint density at radius 2 is 1.95 bits per heavy atom. The summed E-state index contributed by atoms with van der Waals surface area (Å²) >= 11 is 6.38. The van der Waals surface area contributed by atoms with E-state index >= 15 is 0 Å². The van der Waals surface area contributed by atoms with E-state index in [-0.39, 0.29) is 6.04 Å². The van der Waals surface area contributed by atoms with Crippen LogP contribution in [0.1, 0.15) is 18.0 Å². The highest BCUT2D eigenvalue weighted by Gasteiger charge is 2.31. The van der Waals surface area contributed by atoms with Crippen LogP contribution in [0.25, 0.3) is 0 Å². The molecule has 4 nitrogen and oxygen atoms in total. The molecule has 2 N–H and O–H groups in total. The molecule has 22 heavy (non-hydrogen) atoms. The summed E-state index contributed by atoms with van der Waals surface area (Å²) in [7, 11) is 1.66. The van der Waals surface area contributed by atoms with Crippen LogP contribution in [0.3, 0.4) is 0 Å². The van der Waals surface area contributed by atoms with Gasteiger partial charge in [-0.25, -0.2) is 0 Å². The Kier molecular flexibility index (Phi) is 4.32. The second-order valence-corrected chi connectivity index (χ2v) is 5.54. The van der Waals surface area contributed by atoms with E-state index in [9.17, 15) is 0 Å². The van der Waals surface area contributed by atoms with Crippen molar-refractivity contribution in [1.29, 1.82) is 0 Å². The van der Waals surface area contributed by atoms with Gasteiger partial charge in [0.2, 0.25) is 0 Å². The maximum absolute atomic E-state index is 6.38. The summed E-state index contributed by atoms with van der Waals surface area (Å²) in [5.41, 5.74) is 8.71. The average Bonchev–Trinajstić information content (AvgIpc) is 2.99. The lowest BCUT2D eigenvalue weighted by Gasteiger charge is -2.26. The molecule has 0 saturated carbocycles. The van der Waals surface area contributed by atoms with Gasteiger partial charge in [-0.2, -0.15) is 5.10 Å². The molecule has 1 atom stereocenters. The molecular weight excluding hydrogens is 298 g/mol. The highest BCUT2D eigenvalue weighted by molar-refractivity contribution is 6.31. The first-order valence-electron chi connectivity index (χ1n) is 7.17. The number of hydrazone groups is 1. The number of nitrogens with two attached hydrogens (primary N) is 1. The van der Waals surface area contributed by atoms with E-state index in [2.05, 4.69) is 5.10 Å². The number of ether oxygens (including phenoxy) is 1. The van der Waals surface area contributed by atoms with Crippen LogP contribution in [-0.4, -0.2) is 19.4 Å². The van der Waals surface area contributed by atoms with E-state index in [0.29, 0.717) is 6.54 Å². The lowest BCUT2D eigenvalue weighted by Crippen LogP contribution is -2.19. The highest BCUT2D eigenvalue weighted by Crippen LogP contribution is 2.41. The lowest BCUT2D eigenvalue weighted by molar-refractivity contribution is 0.413. The normalized spacial score (nSPS) is 17.5. The maximum Gasteiger partial charge on any atom is 0.144 e. The molecule has 5 heteroatoms. The molecule has 2 aromatic rings. The quantitative estimate of drug-likeness (QED) is 0.937. The van der Waals surface area contributed by atoms with Crippen molar-refractivity contribution in [2.45, 2.75) is 12.5 Å². The van der Waals surface area contributed by atoms with Gasteiger partial charge >= 0.3 is 0 Å². The Morgan fingerprint density at radius 1 is 1.23 bits per heavy atom. The van der Waals surface area contributed by atoms with E-state index < -0.39 is 0 Å². The standard InChI is InChI=1S/C17H18ClN3O/c1-22-17-9-5-4-8-15(17)21-16(10-12(11-19)20-21)13-6-2-3-7-14(13)18/h2-9,16H,10-11,19H2,1H3. The van der Waals surface area contributed by atoms with Gasteiger partial charge in [-0.15, -0.1) is 0 Å². The third kappa shape index (κ3) is 2.67. The second kappa shape index (κ2) is 6.38. The summed E-state index contributed by atoms with van der Waals surface area (Å²) in [5, 5.41) is 7.37. The van der Waals surface area contributed by atoms with Crippen molar-refractivity contribution in [3.05, 3.63) is 59.1 Å². The summed E-state index contributed by atoms with van der Waals surface area (Å²) in [6, 6.07) is 15.7. The van der Waals surface area contributed by atoms with Crippen LogP contribution in [0.4, 0.5) is 5.69 Å². The average molecular weight is 316 g/mol. The Morgan fingerprint density at radius 3 is 2.68 bits per heavy atom. The molecule has 114 valence electrons. The highest BCUT2D eigenvalue weighted by atomic mass is 35.5. The van der Waals surface area contributed by atoms with E-state index in [1.165, 1.54) is 0 Å². The minimum Gasteiger partial charge on any atom is -0.495 e. The number of anilines is 1. The molecule has 0 amide bonds. The van der Waals surface area contributed by atoms with Gasteiger partial charge in [-0.1, -0.05) is 41.9 Å². The Bertz CT molecular complexity index is 702. The monoisotopic (exact) mass is 315 g/mol. The first kappa shape index (κ1) is 14.9. The molecule has 0 aliphatic carbocycles. The Balaban J connectivity index is 2.06. The van der Waals surface area contributed by atoms with Gasteiger partial charge in [0.05, 0.1) is 18.9 Å². The molecule has 1 unspecified atom stereocenters. The fourth-order valence-electron chi connectivity index (χ4n) is 2.72. The zero-order valence-corrected chi connectivity index (χ0v) is 13.1. The number of nitrogens with zero attached hydrogens (tertiary/aromatic N) is 2. The van der Waals surface area contributed by atoms with Crippen LogP contribution in [0.2, 0.25) is 5.02 Å². The topological polar surface area (TPSA) is 50.8 Å². The molecule has 1 aliphatic rings. The van der Waals surface area contributed by atoms with E-state index in [1.807, 2.05) is 53.5 Å². The second-order valence-electron chi connectivity index (χ2n) is 5.13. The molecule has 3 rings (SSSR count). The van der Waals surface area contributed by atoms with Crippen LogP contribution < -0.4 is 15.5 Å². The van der Waals surface area contributed by atoms with Crippen LogP contribution in [0.5, 0.6) is 5.75 Å². The fourth-order valence-corrected chi connectivity index (χ4v) is 2.99. The van der Waals surface area contributed by atoms with Gasteiger partial charge in [0.15, 0.2) is 0 Å². The van der Waals surface area contributed by atoms with Crippen molar-refractivity contribution in [1.82, 2.24) is 0 Å². The number of para-hydroxylation sites is 2. The Hall–Kier alpha value is -2.04. The number of halogens is 1. The maximum atomic E-state index is 6.38. The largest absolute Gasteiger partial charge is 0.495 e. The number of rotatable bonds is 4. The van der Waals surface area contributed by atoms with Crippen molar-refractivity contribution in [3.8, 4) is 5.75 Å². The summed E-state index contributed by atoms with van der Waals surface area (Å²) < 4.78 is 5.47. The molecule has 0 spiro atoms. The lowest BCUT2D eigenvalue weighted by atomic mass is 10.0. The zero-order chi connectivity index (χ0) is 15.5. The predicted molar refractivity (Wildman–Crippen MR) is 90.8 cm³/mol. The molecular formula is C17H18ClN3O. The Labute approximate surface area is 135 Å². The molecule has 0 fully saturated rings. The van der Waals surface area contributed by atoms with Gasteiger partial charge < -0.3 is 10.5 Å². The van der Waals surface area contributed by atoms with Gasteiger partial charge in [-0.3, -0.25) is 5.01 Å². The third-order valence-corrected chi connectivity index (χ3v) is 4.15. The summed E-state index contributed by atoms with van der Waals surface area (Å²) in [6.07, 6.45) is 0.762. The van der Waals surface area contributed by atoms with Crippen LogP contribution in [0.15, 0.2) is 53.6 Å².